The molecule has 1 fully saturated rings. The third-order valence-electron chi connectivity index (χ3n) is 6.29. The van der Waals surface area contributed by atoms with E-state index in [1.165, 1.54) is 6.07 Å². The first kappa shape index (κ1) is 30.3. The van der Waals surface area contributed by atoms with E-state index in [1.54, 1.807) is 24.3 Å². The van der Waals surface area contributed by atoms with Gasteiger partial charge >= 0.3 is 18.2 Å². The van der Waals surface area contributed by atoms with Gasteiger partial charge in [0.2, 0.25) is 5.75 Å². The average molecular weight is 588 g/mol. The first-order chi connectivity index (χ1) is 19.5. The monoisotopic (exact) mass is 588 g/mol. The molecule has 0 atom stereocenters. The van der Waals surface area contributed by atoms with Gasteiger partial charge in [-0.2, -0.15) is 22.0 Å². The fourth-order valence-electron chi connectivity index (χ4n) is 4.18. The Morgan fingerprint density at radius 3 is 2.02 bits per heavy atom. The van der Waals surface area contributed by atoms with Crippen molar-refractivity contribution in [2.45, 2.75) is 38.6 Å². The number of ether oxygens (including phenoxy) is 4. The molecular formula is C29H24F8O4. The lowest BCUT2D eigenvalue weighted by Gasteiger charge is -2.29. The van der Waals surface area contributed by atoms with E-state index in [9.17, 15) is 35.1 Å². The lowest BCUT2D eigenvalue weighted by atomic mass is 10.0. The molecule has 41 heavy (non-hydrogen) atoms. The minimum atomic E-state index is -4.41. The number of hydrogen-bond acceptors (Lipinski definition) is 4. The molecule has 1 heterocycles. The van der Waals surface area contributed by atoms with Crippen molar-refractivity contribution in [3.05, 3.63) is 95.3 Å². The topological polar surface area (TPSA) is 36.9 Å². The SMILES string of the molecule is CCCCC1COC(c2ccc(-c3ccc(C(F)(F)Oc4cc(F)c(OC(F)=C(F)F)c(F)c4)c(F)c3)cc2)OC1. The Labute approximate surface area is 230 Å². The summed E-state index contributed by atoms with van der Waals surface area (Å²) in [6.07, 6.45) is -4.75. The van der Waals surface area contributed by atoms with Crippen LogP contribution in [0, 0.1) is 23.4 Å². The fraction of sp³-hybridized carbons (Fsp3) is 0.310. The highest BCUT2D eigenvalue weighted by molar-refractivity contribution is 5.64. The Morgan fingerprint density at radius 1 is 0.854 bits per heavy atom. The lowest BCUT2D eigenvalue weighted by molar-refractivity contribution is -0.206. The molecule has 4 nitrogen and oxygen atoms in total. The van der Waals surface area contributed by atoms with Crippen molar-refractivity contribution in [2.24, 2.45) is 5.92 Å². The largest absolute Gasteiger partial charge is 0.429 e. The molecule has 1 aliphatic heterocycles. The molecule has 0 saturated carbocycles. The summed E-state index contributed by atoms with van der Waals surface area (Å²) in [4.78, 5) is 0. The molecule has 0 aromatic heterocycles. The fourth-order valence-corrected chi connectivity index (χ4v) is 4.18. The van der Waals surface area contributed by atoms with E-state index >= 15 is 0 Å². The van der Waals surface area contributed by atoms with E-state index in [1.807, 2.05) is 0 Å². The quantitative estimate of drug-likeness (QED) is 0.175. The van der Waals surface area contributed by atoms with Crippen LogP contribution >= 0.6 is 0 Å². The van der Waals surface area contributed by atoms with Crippen molar-refractivity contribution in [3.63, 3.8) is 0 Å². The van der Waals surface area contributed by atoms with Crippen LogP contribution in [-0.4, -0.2) is 13.2 Å². The first-order valence-electron chi connectivity index (χ1n) is 12.6. The summed E-state index contributed by atoms with van der Waals surface area (Å²) in [7, 11) is 0. The molecule has 1 saturated heterocycles. The molecule has 0 radical (unpaired) electrons. The highest BCUT2D eigenvalue weighted by Gasteiger charge is 2.38. The summed E-state index contributed by atoms with van der Waals surface area (Å²) < 4.78 is 129. The second kappa shape index (κ2) is 12.9. The average Bonchev–Trinajstić information content (AvgIpc) is 2.93. The van der Waals surface area contributed by atoms with Gasteiger partial charge in [0.1, 0.15) is 11.6 Å². The summed E-state index contributed by atoms with van der Waals surface area (Å²) >= 11 is 0. The van der Waals surface area contributed by atoms with Crippen molar-refractivity contribution in [1.29, 1.82) is 0 Å². The maximum absolute atomic E-state index is 14.8. The van der Waals surface area contributed by atoms with Gasteiger partial charge in [-0.3, -0.25) is 0 Å². The van der Waals surface area contributed by atoms with Crippen molar-refractivity contribution in [3.8, 4) is 22.6 Å². The maximum Gasteiger partial charge on any atom is 0.429 e. The van der Waals surface area contributed by atoms with Gasteiger partial charge in [0.25, 0.3) is 0 Å². The maximum atomic E-state index is 14.8. The van der Waals surface area contributed by atoms with Crippen LogP contribution < -0.4 is 9.47 Å². The van der Waals surface area contributed by atoms with Gasteiger partial charge in [0.15, 0.2) is 17.9 Å². The van der Waals surface area contributed by atoms with Crippen LogP contribution in [0.15, 0.2) is 66.7 Å². The Morgan fingerprint density at radius 2 is 1.46 bits per heavy atom. The summed E-state index contributed by atoms with van der Waals surface area (Å²) in [5, 5.41) is 0. The van der Waals surface area contributed by atoms with E-state index in [4.69, 9.17) is 9.47 Å². The number of benzene rings is 3. The van der Waals surface area contributed by atoms with Gasteiger partial charge < -0.3 is 18.9 Å². The van der Waals surface area contributed by atoms with Gasteiger partial charge in [-0.15, -0.1) is 0 Å². The van der Waals surface area contributed by atoms with E-state index in [2.05, 4.69) is 16.4 Å². The zero-order chi connectivity index (χ0) is 29.7. The Balaban J connectivity index is 1.45. The van der Waals surface area contributed by atoms with Gasteiger partial charge in [-0.1, -0.05) is 50.1 Å². The van der Waals surface area contributed by atoms with E-state index < -0.39 is 59.0 Å². The Hall–Kier alpha value is -3.64. The van der Waals surface area contributed by atoms with Gasteiger partial charge in [0, 0.05) is 23.6 Å². The first-order valence-corrected chi connectivity index (χ1v) is 12.6. The third kappa shape index (κ3) is 7.36. The van der Waals surface area contributed by atoms with Crippen molar-refractivity contribution in [1.82, 2.24) is 0 Å². The van der Waals surface area contributed by atoms with Crippen molar-refractivity contribution in [2.75, 3.05) is 13.2 Å². The molecule has 4 rings (SSSR count). The number of hydrogen-bond donors (Lipinski definition) is 0. The predicted octanol–water partition coefficient (Wildman–Crippen LogP) is 9.16. The zero-order valence-electron chi connectivity index (χ0n) is 21.5. The van der Waals surface area contributed by atoms with E-state index in [0.29, 0.717) is 24.7 Å². The molecule has 0 spiro atoms. The summed E-state index contributed by atoms with van der Waals surface area (Å²) in [6, 6.07) is 7.24. The number of rotatable bonds is 10. The van der Waals surface area contributed by atoms with Crippen LogP contribution in [0.1, 0.15) is 43.6 Å². The molecule has 220 valence electrons. The Bertz CT molecular complexity index is 1360. The van der Waals surface area contributed by atoms with E-state index in [0.717, 1.165) is 37.0 Å². The second-order valence-electron chi connectivity index (χ2n) is 9.29. The van der Waals surface area contributed by atoms with Crippen LogP contribution in [0.2, 0.25) is 0 Å². The zero-order valence-corrected chi connectivity index (χ0v) is 21.5. The molecule has 0 bridgehead atoms. The highest BCUT2D eigenvalue weighted by atomic mass is 19.3. The van der Waals surface area contributed by atoms with Crippen LogP contribution in [0.25, 0.3) is 11.1 Å². The highest BCUT2D eigenvalue weighted by Crippen LogP contribution is 2.38. The van der Waals surface area contributed by atoms with Crippen LogP contribution in [0.4, 0.5) is 35.1 Å². The summed E-state index contributed by atoms with van der Waals surface area (Å²) in [6.45, 7) is 3.26. The van der Waals surface area contributed by atoms with Gasteiger partial charge in [-0.25, -0.2) is 13.2 Å². The molecule has 0 N–H and O–H groups in total. The smallest absolute Gasteiger partial charge is 0.429 e. The minimum absolute atomic E-state index is 0.147. The number of unbranched alkanes of at least 4 members (excludes halogenated alkanes) is 1. The molecule has 1 aliphatic rings. The van der Waals surface area contributed by atoms with E-state index in [-0.39, 0.29) is 17.7 Å². The molecule has 0 aliphatic carbocycles. The molecule has 3 aromatic rings. The van der Waals surface area contributed by atoms with Crippen molar-refractivity contribution < 1.29 is 54.1 Å². The second-order valence-corrected chi connectivity index (χ2v) is 9.29. The normalized spacial score (nSPS) is 17.3. The van der Waals surface area contributed by atoms with Gasteiger partial charge in [0.05, 0.1) is 18.8 Å². The third-order valence-corrected chi connectivity index (χ3v) is 6.29. The van der Waals surface area contributed by atoms with Gasteiger partial charge in [-0.05, 0) is 29.7 Å². The lowest BCUT2D eigenvalue weighted by Crippen LogP contribution is -2.27. The molecule has 12 heteroatoms. The van der Waals surface area contributed by atoms with Crippen LogP contribution in [0.5, 0.6) is 11.5 Å². The predicted molar refractivity (Wildman–Crippen MR) is 131 cm³/mol. The Kier molecular flexibility index (Phi) is 9.54. The van der Waals surface area contributed by atoms with Crippen LogP contribution in [-0.2, 0) is 15.6 Å². The summed E-state index contributed by atoms with van der Waals surface area (Å²) in [5.74, 6) is -7.41. The molecule has 0 amide bonds. The molecule has 0 unspecified atom stereocenters. The number of alkyl halides is 2. The molecular weight excluding hydrogens is 564 g/mol. The summed E-state index contributed by atoms with van der Waals surface area (Å²) in [5.41, 5.74) is 0.261. The minimum Gasteiger partial charge on any atom is -0.429 e. The van der Waals surface area contributed by atoms with Crippen molar-refractivity contribution >= 4 is 0 Å². The number of halogens is 8. The standard InChI is InChI=1S/C29H24F8O4/c1-2-3-4-16-14-38-28(39-15-16)18-7-5-17(6-8-18)19-9-10-21(22(30)11-19)29(36,37)41-20-12-23(31)25(24(32)13-20)40-27(35)26(33)34/h5-13,16,28H,2-4,14-15H2,1H3. The van der Waals surface area contributed by atoms with Crippen LogP contribution in [0.3, 0.4) is 0 Å². The molecule has 3 aromatic carbocycles.